The number of likely N-dealkylation sites (tertiary alicyclic amines) is 1. The summed E-state index contributed by atoms with van der Waals surface area (Å²) in [5.74, 6) is -1.55. The molecule has 2 aliphatic heterocycles. The quantitative estimate of drug-likeness (QED) is 0.367. The van der Waals surface area contributed by atoms with Crippen LogP contribution in [0.3, 0.4) is 0 Å². The van der Waals surface area contributed by atoms with Gasteiger partial charge >= 0.3 is 0 Å². The van der Waals surface area contributed by atoms with Gasteiger partial charge in [-0.3, -0.25) is 19.8 Å². The summed E-state index contributed by atoms with van der Waals surface area (Å²) in [7, 11) is 0. The summed E-state index contributed by atoms with van der Waals surface area (Å²) in [6.45, 7) is 3.64. The van der Waals surface area contributed by atoms with E-state index in [1.807, 2.05) is 6.92 Å². The van der Waals surface area contributed by atoms with E-state index in [1.165, 1.54) is 4.90 Å². The van der Waals surface area contributed by atoms with Crippen molar-refractivity contribution in [2.75, 3.05) is 36.5 Å². The first-order valence-corrected chi connectivity index (χ1v) is 11.0. The van der Waals surface area contributed by atoms with Gasteiger partial charge in [0.05, 0.1) is 6.61 Å². The van der Waals surface area contributed by atoms with E-state index >= 15 is 0 Å². The number of amides is 3. The average Bonchev–Trinajstić information content (AvgIpc) is 2.77. The maximum absolute atomic E-state index is 13.2. The molecule has 178 valence electrons. The molecule has 0 aromatic heterocycles. The predicted molar refractivity (Wildman–Crippen MR) is 126 cm³/mol. The van der Waals surface area contributed by atoms with Gasteiger partial charge in [0.2, 0.25) is 0 Å². The number of carbonyl (C=O) groups excluding carboxylic acids is 3. The fraction of sp³-hybridized carbons (Fsp3) is 0.333. The molecular weight excluding hydrogens is 438 g/mol. The number of aliphatic hydroxyl groups excluding tert-OH is 1. The summed E-state index contributed by atoms with van der Waals surface area (Å²) in [6, 6.07) is 11.4. The molecule has 5 N–H and O–H groups in total. The molecule has 2 atom stereocenters. The maximum atomic E-state index is 13.2. The Morgan fingerprint density at radius 1 is 1.15 bits per heavy atom. The highest BCUT2D eigenvalue weighted by Gasteiger charge is 2.39. The van der Waals surface area contributed by atoms with E-state index in [-0.39, 0.29) is 24.9 Å². The summed E-state index contributed by atoms with van der Waals surface area (Å²) in [6.07, 6.45) is -2.15. The third-order valence-electron chi connectivity index (χ3n) is 5.90. The molecule has 0 spiro atoms. The van der Waals surface area contributed by atoms with Gasteiger partial charge in [0.1, 0.15) is 5.84 Å². The second-order valence-electron chi connectivity index (χ2n) is 8.41. The van der Waals surface area contributed by atoms with Gasteiger partial charge in [0.25, 0.3) is 17.7 Å². The predicted octanol–water partition coefficient (Wildman–Crippen LogP) is 0.856. The zero-order chi connectivity index (χ0) is 24.4. The van der Waals surface area contributed by atoms with Crippen LogP contribution >= 0.6 is 0 Å². The van der Waals surface area contributed by atoms with Gasteiger partial charge in [-0.1, -0.05) is 0 Å². The van der Waals surface area contributed by atoms with E-state index in [4.69, 9.17) is 15.9 Å². The van der Waals surface area contributed by atoms with Gasteiger partial charge in [0.15, 0.2) is 12.2 Å². The van der Waals surface area contributed by atoms with Crippen molar-refractivity contribution < 1.29 is 24.2 Å². The van der Waals surface area contributed by atoms with Gasteiger partial charge in [0, 0.05) is 42.1 Å². The number of ether oxygens (including phenoxy) is 1. The van der Waals surface area contributed by atoms with Crippen LogP contribution in [-0.2, 0) is 14.3 Å². The Bertz CT molecular complexity index is 1130. The average molecular weight is 466 g/mol. The number of aryl methyl sites for hydroxylation is 1. The van der Waals surface area contributed by atoms with Gasteiger partial charge in [-0.05, 0) is 61.4 Å². The Morgan fingerprint density at radius 2 is 1.85 bits per heavy atom. The van der Waals surface area contributed by atoms with Crippen LogP contribution in [0.5, 0.6) is 0 Å². The molecule has 2 heterocycles. The minimum atomic E-state index is -1.74. The van der Waals surface area contributed by atoms with Crippen LogP contribution < -0.4 is 16.0 Å². The van der Waals surface area contributed by atoms with Crippen molar-refractivity contribution in [3.8, 4) is 0 Å². The number of hydrogen-bond acceptors (Lipinski definition) is 6. The van der Waals surface area contributed by atoms with Crippen molar-refractivity contribution in [3.05, 3.63) is 59.2 Å². The zero-order valence-corrected chi connectivity index (χ0v) is 18.8. The summed E-state index contributed by atoms with van der Waals surface area (Å²) >= 11 is 0. The number of morpholine rings is 1. The summed E-state index contributed by atoms with van der Waals surface area (Å²) < 4.78 is 5.46. The molecule has 2 aliphatic rings. The number of nitrogens with zero attached hydrogens (tertiary/aromatic N) is 2. The monoisotopic (exact) mass is 465 g/mol. The summed E-state index contributed by atoms with van der Waals surface area (Å²) in [4.78, 5) is 41.6. The molecule has 0 saturated carbocycles. The highest BCUT2D eigenvalue weighted by Crippen LogP contribution is 2.25. The van der Waals surface area contributed by atoms with Crippen LogP contribution in [0.25, 0.3) is 0 Å². The third kappa shape index (κ3) is 4.78. The molecule has 2 aromatic carbocycles. The minimum absolute atomic E-state index is 0.0799. The first kappa shape index (κ1) is 23.4. The Morgan fingerprint density at radius 3 is 2.47 bits per heavy atom. The smallest absolute Gasteiger partial charge is 0.259 e. The van der Waals surface area contributed by atoms with Gasteiger partial charge in [-0.25, -0.2) is 0 Å². The van der Waals surface area contributed by atoms with Crippen molar-refractivity contribution in [3.63, 3.8) is 0 Å². The highest BCUT2D eigenvalue weighted by atomic mass is 16.5. The standard InChI is InChI=1S/C24H27N5O5/c1-14-11-16(23(32)28-7-2-8-28)13-18(12-14)29-9-10-34-20(24(29)33)19(30)22(31)27-17-5-3-15(4-6-17)21(25)26/h3-6,11-13,19-20,30H,2,7-10H2,1H3,(H3,25,26)(H,27,31). The molecule has 0 bridgehead atoms. The number of nitrogens with two attached hydrogens (primary N) is 1. The van der Waals surface area contributed by atoms with Gasteiger partial charge in [-0.2, -0.15) is 0 Å². The van der Waals surface area contributed by atoms with Crippen LogP contribution in [0.15, 0.2) is 42.5 Å². The molecule has 3 amide bonds. The van der Waals surface area contributed by atoms with Crippen molar-refractivity contribution in [1.29, 1.82) is 5.41 Å². The Balaban J connectivity index is 1.48. The third-order valence-corrected chi connectivity index (χ3v) is 5.90. The Hall–Kier alpha value is -3.76. The first-order valence-electron chi connectivity index (χ1n) is 11.0. The lowest BCUT2D eigenvalue weighted by Crippen LogP contribution is -2.55. The molecule has 10 nitrogen and oxygen atoms in total. The normalized spacial score (nSPS) is 18.8. The largest absolute Gasteiger partial charge is 0.384 e. The molecule has 2 unspecified atom stereocenters. The number of nitrogen functional groups attached to an aromatic ring is 1. The van der Waals surface area contributed by atoms with E-state index in [0.717, 1.165) is 25.1 Å². The van der Waals surface area contributed by atoms with E-state index in [2.05, 4.69) is 5.32 Å². The van der Waals surface area contributed by atoms with E-state index in [9.17, 15) is 19.5 Å². The number of amidine groups is 1. The second kappa shape index (κ2) is 9.62. The molecule has 0 aliphatic carbocycles. The molecular formula is C24H27N5O5. The lowest BCUT2D eigenvalue weighted by atomic mass is 10.0. The number of anilines is 2. The van der Waals surface area contributed by atoms with E-state index in [1.54, 1.807) is 47.4 Å². The Labute approximate surface area is 196 Å². The van der Waals surface area contributed by atoms with Crippen molar-refractivity contribution in [1.82, 2.24) is 4.90 Å². The first-order chi connectivity index (χ1) is 16.2. The van der Waals surface area contributed by atoms with Gasteiger partial charge in [-0.15, -0.1) is 0 Å². The van der Waals surface area contributed by atoms with Crippen molar-refractivity contribution >= 4 is 34.9 Å². The number of nitrogens with one attached hydrogen (secondary N) is 2. The van der Waals surface area contributed by atoms with E-state index in [0.29, 0.717) is 22.5 Å². The number of benzene rings is 2. The number of carbonyl (C=O) groups is 3. The van der Waals surface area contributed by atoms with Crippen LogP contribution in [0.1, 0.15) is 27.9 Å². The van der Waals surface area contributed by atoms with Crippen LogP contribution in [0.2, 0.25) is 0 Å². The zero-order valence-electron chi connectivity index (χ0n) is 18.8. The van der Waals surface area contributed by atoms with Crippen LogP contribution in [-0.4, -0.2) is 72.0 Å². The molecule has 0 radical (unpaired) electrons. The highest BCUT2D eigenvalue weighted by molar-refractivity contribution is 6.05. The topological polar surface area (TPSA) is 149 Å². The van der Waals surface area contributed by atoms with Crippen LogP contribution in [0.4, 0.5) is 11.4 Å². The molecule has 4 rings (SSSR count). The maximum Gasteiger partial charge on any atom is 0.259 e. The lowest BCUT2D eigenvalue weighted by molar-refractivity contribution is -0.150. The fourth-order valence-corrected chi connectivity index (χ4v) is 3.92. The molecule has 2 aromatic rings. The minimum Gasteiger partial charge on any atom is -0.384 e. The Kier molecular flexibility index (Phi) is 6.62. The number of rotatable bonds is 6. The summed E-state index contributed by atoms with van der Waals surface area (Å²) in [5, 5.41) is 20.5. The van der Waals surface area contributed by atoms with Gasteiger partial charge < -0.3 is 30.7 Å². The lowest BCUT2D eigenvalue weighted by Gasteiger charge is -2.35. The SMILES string of the molecule is Cc1cc(C(=O)N2CCC2)cc(N2CCOC(C(O)C(=O)Nc3ccc(C(=N)N)cc3)C2=O)c1. The van der Waals surface area contributed by atoms with E-state index < -0.39 is 24.0 Å². The second-order valence-corrected chi connectivity index (χ2v) is 8.41. The van der Waals surface area contributed by atoms with Crippen molar-refractivity contribution in [2.24, 2.45) is 5.73 Å². The molecule has 10 heteroatoms. The number of aliphatic hydroxyl groups is 1. The molecule has 34 heavy (non-hydrogen) atoms. The molecule has 2 saturated heterocycles. The van der Waals surface area contributed by atoms with Crippen molar-refractivity contribution in [2.45, 2.75) is 25.6 Å². The summed E-state index contributed by atoms with van der Waals surface area (Å²) in [5.41, 5.74) is 8.14. The fourth-order valence-electron chi connectivity index (χ4n) is 3.92. The number of hydrogen-bond donors (Lipinski definition) is 4. The van der Waals surface area contributed by atoms with Crippen LogP contribution in [0, 0.1) is 12.3 Å². The molecule has 2 fully saturated rings.